The van der Waals surface area contributed by atoms with Crippen molar-refractivity contribution in [3.05, 3.63) is 54.1 Å². The Morgan fingerprint density at radius 3 is 2.47 bits per heavy atom. The molecule has 0 N–H and O–H groups in total. The third-order valence-electron chi connectivity index (χ3n) is 4.29. The topological polar surface area (TPSA) is 69.5 Å². The average molecular weight is 431 g/mol. The van der Waals surface area contributed by atoms with Gasteiger partial charge in [-0.2, -0.15) is 0 Å². The SMILES string of the molecule is CCOC(=O)Cn1nc(-c2cccc(CN(C)C)c2)nc1-c1ccc(OC)cc1.Cl. The van der Waals surface area contributed by atoms with Crippen molar-refractivity contribution >= 4 is 18.4 Å². The summed E-state index contributed by atoms with van der Waals surface area (Å²) in [7, 11) is 5.68. The molecule has 0 radical (unpaired) electrons. The molecule has 0 atom stereocenters. The molecule has 160 valence electrons. The van der Waals surface area contributed by atoms with Crippen molar-refractivity contribution in [3.8, 4) is 28.5 Å². The molecule has 1 heterocycles. The van der Waals surface area contributed by atoms with Crippen LogP contribution in [-0.2, 0) is 22.6 Å². The molecule has 0 aliphatic carbocycles. The molecule has 0 bridgehead atoms. The molecular formula is C22H27ClN4O3. The highest BCUT2D eigenvalue weighted by Crippen LogP contribution is 2.25. The van der Waals surface area contributed by atoms with Gasteiger partial charge >= 0.3 is 5.97 Å². The van der Waals surface area contributed by atoms with Crippen LogP contribution in [0.1, 0.15) is 12.5 Å². The van der Waals surface area contributed by atoms with Crippen LogP contribution in [0.3, 0.4) is 0 Å². The van der Waals surface area contributed by atoms with Gasteiger partial charge in [-0.05, 0) is 56.9 Å². The Balaban J connectivity index is 0.00000320. The summed E-state index contributed by atoms with van der Waals surface area (Å²) in [5.41, 5.74) is 2.92. The minimum Gasteiger partial charge on any atom is -0.497 e. The monoisotopic (exact) mass is 430 g/mol. The lowest BCUT2D eigenvalue weighted by Crippen LogP contribution is -2.15. The normalized spacial score (nSPS) is 10.6. The summed E-state index contributed by atoms with van der Waals surface area (Å²) in [5.74, 6) is 1.58. The highest BCUT2D eigenvalue weighted by Gasteiger charge is 2.17. The fourth-order valence-corrected chi connectivity index (χ4v) is 3.03. The van der Waals surface area contributed by atoms with Gasteiger partial charge in [-0.1, -0.05) is 18.2 Å². The van der Waals surface area contributed by atoms with E-state index in [4.69, 9.17) is 14.5 Å². The molecule has 7 nitrogen and oxygen atoms in total. The molecule has 0 unspecified atom stereocenters. The van der Waals surface area contributed by atoms with Crippen LogP contribution < -0.4 is 4.74 Å². The Labute approximate surface area is 183 Å². The predicted molar refractivity (Wildman–Crippen MR) is 119 cm³/mol. The molecule has 1 aromatic heterocycles. The van der Waals surface area contributed by atoms with Crippen LogP contribution in [0.25, 0.3) is 22.8 Å². The molecule has 8 heteroatoms. The summed E-state index contributed by atoms with van der Waals surface area (Å²) in [6, 6.07) is 15.6. The molecule has 3 rings (SSSR count). The second kappa shape index (κ2) is 10.8. The first-order chi connectivity index (χ1) is 14.0. The van der Waals surface area contributed by atoms with Gasteiger partial charge in [-0.3, -0.25) is 4.79 Å². The van der Waals surface area contributed by atoms with Crippen LogP contribution in [0.4, 0.5) is 0 Å². The molecule has 3 aromatic rings. The minimum atomic E-state index is -0.347. The smallest absolute Gasteiger partial charge is 0.327 e. The molecule has 0 amide bonds. The fourth-order valence-electron chi connectivity index (χ4n) is 3.03. The number of rotatable bonds is 8. The first-order valence-corrected chi connectivity index (χ1v) is 9.49. The molecule has 0 fully saturated rings. The lowest BCUT2D eigenvalue weighted by atomic mass is 10.1. The standard InChI is InChI=1S/C22H26N4O3.ClH/c1-5-29-20(27)15-26-22(17-9-11-19(28-4)12-10-17)23-21(24-26)18-8-6-7-16(13-18)14-25(2)3;/h6-13H,5,14-15H2,1-4H3;1H. The van der Waals surface area contributed by atoms with Crippen molar-refractivity contribution in [2.24, 2.45) is 0 Å². The number of ether oxygens (including phenoxy) is 2. The summed E-state index contributed by atoms with van der Waals surface area (Å²) in [4.78, 5) is 18.9. The molecule has 30 heavy (non-hydrogen) atoms. The van der Waals surface area contributed by atoms with Crippen LogP contribution in [0.2, 0.25) is 0 Å². The number of esters is 1. The quantitative estimate of drug-likeness (QED) is 0.508. The zero-order chi connectivity index (χ0) is 20.8. The molecular weight excluding hydrogens is 404 g/mol. The molecule has 0 spiro atoms. The van der Waals surface area contributed by atoms with Gasteiger partial charge < -0.3 is 14.4 Å². The second-order valence-electron chi connectivity index (χ2n) is 6.89. The van der Waals surface area contributed by atoms with E-state index in [1.807, 2.05) is 50.5 Å². The highest BCUT2D eigenvalue weighted by molar-refractivity contribution is 5.85. The Morgan fingerprint density at radius 2 is 1.83 bits per heavy atom. The Bertz CT molecular complexity index is 971. The van der Waals surface area contributed by atoms with Gasteiger partial charge in [-0.15, -0.1) is 17.5 Å². The van der Waals surface area contributed by atoms with E-state index in [1.165, 1.54) is 5.56 Å². The average Bonchev–Trinajstić information content (AvgIpc) is 3.11. The zero-order valence-corrected chi connectivity index (χ0v) is 18.5. The summed E-state index contributed by atoms with van der Waals surface area (Å²) in [6.45, 7) is 2.93. The summed E-state index contributed by atoms with van der Waals surface area (Å²) < 4.78 is 11.9. The summed E-state index contributed by atoms with van der Waals surface area (Å²) >= 11 is 0. The van der Waals surface area contributed by atoms with E-state index in [0.717, 1.165) is 23.4 Å². The Kier molecular flexibility index (Phi) is 8.38. The van der Waals surface area contributed by atoms with Crippen LogP contribution in [0.15, 0.2) is 48.5 Å². The molecule has 0 aliphatic rings. The number of nitrogens with zero attached hydrogens (tertiary/aromatic N) is 4. The van der Waals surface area contributed by atoms with Crippen LogP contribution in [0, 0.1) is 0 Å². The minimum absolute atomic E-state index is 0. The predicted octanol–water partition coefficient (Wildman–Crippen LogP) is 3.67. The maximum absolute atomic E-state index is 12.1. The van der Waals surface area contributed by atoms with Gasteiger partial charge in [0.15, 0.2) is 11.6 Å². The number of carbonyl (C=O) groups excluding carboxylic acids is 1. The number of hydrogen-bond donors (Lipinski definition) is 0. The van der Waals surface area contributed by atoms with Gasteiger partial charge in [0.25, 0.3) is 0 Å². The number of halogens is 1. The van der Waals surface area contributed by atoms with E-state index in [9.17, 15) is 4.79 Å². The molecule has 0 saturated heterocycles. The maximum Gasteiger partial charge on any atom is 0.327 e. The van der Waals surface area contributed by atoms with Gasteiger partial charge in [0, 0.05) is 17.7 Å². The molecule has 0 saturated carbocycles. The summed E-state index contributed by atoms with van der Waals surface area (Å²) in [5, 5.41) is 4.60. The van der Waals surface area contributed by atoms with Crippen LogP contribution in [-0.4, -0.2) is 53.4 Å². The van der Waals surface area contributed by atoms with Gasteiger partial charge in [0.2, 0.25) is 0 Å². The third kappa shape index (κ3) is 5.81. The van der Waals surface area contributed by atoms with Crippen LogP contribution >= 0.6 is 12.4 Å². The lowest BCUT2D eigenvalue weighted by Gasteiger charge is -2.09. The van der Waals surface area contributed by atoms with Gasteiger partial charge in [0.05, 0.1) is 13.7 Å². The van der Waals surface area contributed by atoms with Crippen molar-refractivity contribution < 1.29 is 14.3 Å². The van der Waals surface area contributed by atoms with Gasteiger partial charge in [-0.25, -0.2) is 9.67 Å². The first kappa shape index (κ1) is 23.4. The van der Waals surface area contributed by atoms with Gasteiger partial charge in [0.1, 0.15) is 12.3 Å². The van der Waals surface area contributed by atoms with E-state index in [0.29, 0.717) is 18.3 Å². The third-order valence-corrected chi connectivity index (χ3v) is 4.29. The van der Waals surface area contributed by atoms with Crippen molar-refractivity contribution in [1.29, 1.82) is 0 Å². The van der Waals surface area contributed by atoms with E-state index in [2.05, 4.69) is 22.1 Å². The number of methoxy groups -OCH3 is 1. The number of aromatic nitrogens is 3. The fraction of sp³-hybridized carbons (Fsp3) is 0.318. The molecule has 0 aliphatic heterocycles. The highest BCUT2D eigenvalue weighted by atomic mass is 35.5. The van der Waals surface area contributed by atoms with Crippen LogP contribution in [0.5, 0.6) is 5.75 Å². The van der Waals surface area contributed by atoms with Crippen molar-refractivity contribution in [2.75, 3.05) is 27.8 Å². The zero-order valence-electron chi connectivity index (χ0n) is 17.7. The summed E-state index contributed by atoms with van der Waals surface area (Å²) in [6.07, 6.45) is 0. The van der Waals surface area contributed by atoms with Crippen molar-refractivity contribution in [3.63, 3.8) is 0 Å². The number of carbonyl (C=O) groups is 1. The van der Waals surface area contributed by atoms with E-state index >= 15 is 0 Å². The molecule has 2 aromatic carbocycles. The lowest BCUT2D eigenvalue weighted by molar-refractivity contribution is -0.144. The Morgan fingerprint density at radius 1 is 1.10 bits per heavy atom. The first-order valence-electron chi connectivity index (χ1n) is 9.49. The second-order valence-corrected chi connectivity index (χ2v) is 6.89. The van der Waals surface area contributed by atoms with E-state index in [-0.39, 0.29) is 24.9 Å². The van der Waals surface area contributed by atoms with E-state index < -0.39 is 0 Å². The maximum atomic E-state index is 12.1. The van der Waals surface area contributed by atoms with E-state index in [1.54, 1.807) is 18.7 Å². The largest absolute Gasteiger partial charge is 0.497 e. The number of hydrogen-bond acceptors (Lipinski definition) is 6. The number of benzene rings is 2. The van der Waals surface area contributed by atoms with Crippen molar-refractivity contribution in [1.82, 2.24) is 19.7 Å². The van der Waals surface area contributed by atoms with Crippen molar-refractivity contribution in [2.45, 2.75) is 20.0 Å². The Hall–Kier alpha value is -2.90.